The third-order valence-corrected chi connectivity index (χ3v) is 6.98. The Bertz CT molecular complexity index is 1450. The molecule has 0 amide bonds. The minimum absolute atomic E-state index is 0.211. The second-order valence-electron chi connectivity index (χ2n) is 7.48. The van der Waals surface area contributed by atoms with E-state index in [2.05, 4.69) is 44.4 Å². The molecule has 0 unspecified atom stereocenters. The molecule has 10 heteroatoms. The maximum absolute atomic E-state index is 12.4. The van der Waals surface area contributed by atoms with Crippen LogP contribution >= 0.6 is 22.7 Å². The molecular formula is C21H18N6O2S2. The zero-order valence-corrected chi connectivity index (χ0v) is 18.7. The van der Waals surface area contributed by atoms with Crippen molar-refractivity contribution in [3.05, 3.63) is 89.6 Å². The van der Waals surface area contributed by atoms with E-state index in [-0.39, 0.29) is 17.0 Å². The van der Waals surface area contributed by atoms with Crippen molar-refractivity contribution in [3.63, 3.8) is 0 Å². The molecule has 4 aromatic heterocycles. The Hall–Kier alpha value is -3.24. The van der Waals surface area contributed by atoms with Gasteiger partial charge in [0.2, 0.25) is 9.92 Å². The lowest BCUT2D eigenvalue weighted by molar-refractivity contribution is 0.723. The van der Waals surface area contributed by atoms with Gasteiger partial charge in [-0.25, -0.2) is 9.97 Å². The van der Waals surface area contributed by atoms with E-state index in [0.717, 1.165) is 15.6 Å². The summed E-state index contributed by atoms with van der Waals surface area (Å²) in [6.07, 6.45) is 0.626. The number of hydrogen-bond donors (Lipinski definition) is 0. The fourth-order valence-electron chi connectivity index (χ4n) is 3.39. The van der Waals surface area contributed by atoms with Crippen LogP contribution in [0.25, 0.3) is 9.92 Å². The van der Waals surface area contributed by atoms with Crippen molar-refractivity contribution < 1.29 is 0 Å². The molecule has 0 fully saturated rings. The van der Waals surface area contributed by atoms with Crippen LogP contribution in [0.3, 0.4) is 0 Å². The first-order valence-corrected chi connectivity index (χ1v) is 11.3. The number of hydrogen-bond acceptors (Lipinski definition) is 8. The quantitative estimate of drug-likeness (QED) is 0.418. The SMILES string of the molecule is Cc1ccc(CC(c2nn3c(=O)cc(C)nc3s2)c2nn3c(=O)cc(C)nc3s2)cc1. The summed E-state index contributed by atoms with van der Waals surface area (Å²) in [5, 5.41) is 10.6. The normalized spacial score (nSPS) is 11.7. The zero-order chi connectivity index (χ0) is 21.7. The Morgan fingerprint density at radius 3 is 1.77 bits per heavy atom. The zero-order valence-electron chi connectivity index (χ0n) is 17.1. The van der Waals surface area contributed by atoms with Crippen LogP contribution in [0.15, 0.2) is 46.0 Å². The van der Waals surface area contributed by atoms with Gasteiger partial charge in [-0.15, -0.1) is 0 Å². The summed E-state index contributed by atoms with van der Waals surface area (Å²) in [6, 6.07) is 11.2. The minimum atomic E-state index is -0.236. The van der Waals surface area contributed by atoms with E-state index < -0.39 is 0 Å². The summed E-state index contributed by atoms with van der Waals surface area (Å²) < 4.78 is 2.66. The third kappa shape index (κ3) is 3.68. The molecule has 156 valence electrons. The average molecular weight is 451 g/mol. The first-order chi connectivity index (χ1) is 14.9. The molecule has 0 spiro atoms. The lowest BCUT2D eigenvalue weighted by Crippen LogP contribution is -2.16. The summed E-state index contributed by atoms with van der Waals surface area (Å²) in [7, 11) is 0. The lowest BCUT2D eigenvalue weighted by Gasteiger charge is -2.11. The topological polar surface area (TPSA) is 94.5 Å². The summed E-state index contributed by atoms with van der Waals surface area (Å²) in [4.78, 5) is 34.8. The molecule has 0 atom stereocenters. The van der Waals surface area contributed by atoms with Crippen molar-refractivity contribution in [2.24, 2.45) is 0 Å². The van der Waals surface area contributed by atoms with Gasteiger partial charge in [-0.1, -0.05) is 52.5 Å². The largest absolute Gasteiger partial charge is 0.275 e. The molecule has 0 aliphatic carbocycles. The number of nitrogens with zero attached hydrogens (tertiary/aromatic N) is 6. The highest BCUT2D eigenvalue weighted by molar-refractivity contribution is 7.18. The van der Waals surface area contributed by atoms with Crippen molar-refractivity contribution in [1.82, 2.24) is 29.2 Å². The molecule has 5 rings (SSSR count). The number of aryl methyl sites for hydroxylation is 3. The van der Waals surface area contributed by atoms with Crippen LogP contribution in [0.4, 0.5) is 0 Å². The Balaban J connectivity index is 1.69. The van der Waals surface area contributed by atoms with Gasteiger partial charge >= 0.3 is 0 Å². The van der Waals surface area contributed by atoms with Gasteiger partial charge in [-0.3, -0.25) is 9.59 Å². The fourth-order valence-corrected chi connectivity index (χ4v) is 5.57. The summed E-state index contributed by atoms with van der Waals surface area (Å²) in [6.45, 7) is 5.63. The van der Waals surface area contributed by atoms with E-state index in [4.69, 9.17) is 0 Å². The third-order valence-electron chi connectivity index (χ3n) is 4.93. The Morgan fingerprint density at radius 1 is 0.806 bits per heavy atom. The van der Waals surface area contributed by atoms with Gasteiger partial charge < -0.3 is 0 Å². The predicted molar refractivity (Wildman–Crippen MR) is 120 cm³/mol. The van der Waals surface area contributed by atoms with Crippen LogP contribution in [-0.4, -0.2) is 29.2 Å². The van der Waals surface area contributed by atoms with Gasteiger partial charge in [-0.2, -0.15) is 19.2 Å². The maximum Gasteiger partial charge on any atom is 0.275 e. The summed E-state index contributed by atoms with van der Waals surface area (Å²) in [5.74, 6) is -0.236. The number of rotatable bonds is 4. The van der Waals surface area contributed by atoms with Crippen LogP contribution in [0.5, 0.6) is 0 Å². The van der Waals surface area contributed by atoms with Gasteiger partial charge in [0.1, 0.15) is 10.0 Å². The van der Waals surface area contributed by atoms with Crippen LogP contribution in [-0.2, 0) is 6.42 Å². The van der Waals surface area contributed by atoms with Gasteiger partial charge in [0.25, 0.3) is 11.1 Å². The van der Waals surface area contributed by atoms with E-state index in [1.807, 2.05) is 6.92 Å². The van der Waals surface area contributed by atoms with E-state index >= 15 is 0 Å². The smallest absolute Gasteiger partial charge is 0.267 e. The first kappa shape index (κ1) is 19.7. The van der Waals surface area contributed by atoms with Crippen molar-refractivity contribution in [1.29, 1.82) is 0 Å². The van der Waals surface area contributed by atoms with Gasteiger partial charge in [0.15, 0.2) is 0 Å². The molecular weight excluding hydrogens is 432 g/mol. The Kier molecular flexibility index (Phi) is 4.75. The standard InChI is InChI=1S/C21H18N6O2S2/c1-11-4-6-14(7-5-11)10-15(18-24-26-16(28)8-12(2)22-20(26)30-18)19-25-27-17(29)9-13(3)23-21(27)31-19/h4-9,15H,10H2,1-3H3. The molecule has 0 aliphatic heterocycles. The highest BCUT2D eigenvalue weighted by atomic mass is 32.1. The molecule has 1 aromatic carbocycles. The highest BCUT2D eigenvalue weighted by Crippen LogP contribution is 2.33. The lowest BCUT2D eigenvalue weighted by atomic mass is 10.00. The molecule has 4 heterocycles. The Morgan fingerprint density at radius 2 is 1.29 bits per heavy atom. The van der Waals surface area contributed by atoms with E-state index in [0.29, 0.717) is 27.7 Å². The number of benzene rings is 1. The maximum atomic E-state index is 12.4. The van der Waals surface area contributed by atoms with Crippen LogP contribution in [0.2, 0.25) is 0 Å². The molecule has 31 heavy (non-hydrogen) atoms. The monoisotopic (exact) mass is 450 g/mol. The molecule has 0 aliphatic rings. The van der Waals surface area contributed by atoms with Crippen LogP contribution in [0.1, 0.15) is 38.4 Å². The van der Waals surface area contributed by atoms with Crippen molar-refractivity contribution >= 4 is 32.6 Å². The van der Waals surface area contributed by atoms with E-state index in [1.54, 1.807) is 13.8 Å². The summed E-state index contributed by atoms with van der Waals surface area (Å²) in [5.41, 5.74) is 3.18. The second kappa shape index (κ2) is 7.47. The van der Waals surface area contributed by atoms with E-state index in [9.17, 15) is 9.59 Å². The molecule has 8 nitrogen and oxygen atoms in total. The molecule has 0 saturated carbocycles. The minimum Gasteiger partial charge on any atom is -0.267 e. The molecule has 5 aromatic rings. The van der Waals surface area contributed by atoms with E-state index in [1.165, 1.54) is 49.4 Å². The second-order valence-corrected chi connectivity index (χ2v) is 9.46. The molecule has 0 saturated heterocycles. The number of fused-ring (bicyclic) bond motifs is 2. The van der Waals surface area contributed by atoms with Crippen LogP contribution < -0.4 is 11.1 Å². The molecule has 0 bridgehead atoms. The predicted octanol–water partition coefficient (Wildman–Crippen LogP) is 2.92. The highest BCUT2D eigenvalue weighted by Gasteiger charge is 2.25. The van der Waals surface area contributed by atoms with Crippen molar-refractivity contribution in [3.8, 4) is 0 Å². The van der Waals surface area contributed by atoms with Gasteiger partial charge in [-0.05, 0) is 32.8 Å². The number of aromatic nitrogens is 6. The Labute approximate surface area is 184 Å². The first-order valence-electron chi connectivity index (χ1n) is 9.68. The molecule has 0 radical (unpaired) electrons. The van der Waals surface area contributed by atoms with Crippen molar-refractivity contribution in [2.75, 3.05) is 0 Å². The van der Waals surface area contributed by atoms with Gasteiger partial charge in [0.05, 0.1) is 5.92 Å². The van der Waals surface area contributed by atoms with Gasteiger partial charge in [0, 0.05) is 23.5 Å². The molecule has 0 N–H and O–H groups in total. The fraction of sp³-hybridized carbons (Fsp3) is 0.238. The summed E-state index contributed by atoms with van der Waals surface area (Å²) >= 11 is 2.74. The average Bonchev–Trinajstić information content (AvgIpc) is 3.32. The van der Waals surface area contributed by atoms with Crippen molar-refractivity contribution in [2.45, 2.75) is 33.1 Å². The van der Waals surface area contributed by atoms with Crippen LogP contribution in [0, 0.1) is 20.8 Å².